The topological polar surface area (TPSA) is 41.1 Å². The molecule has 16 heavy (non-hydrogen) atoms. The molecule has 0 saturated carbocycles. The average molecular weight is 236 g/mol. The van der Waals surface area contributed by atoms with Gasteiger partial charge in [0, 0.05) is 23.0 Å². The average Bonchev–Trinajstić information content (AvgIpc) is 2.82. The predicted molar refractivity (Wildman–Crippen MR) is 67.0 cm³/mol. The lowest BCUT2D eigenvalue weighted by molar-refractivity contribution is 0.0940. The van der Waals surface area contributed by atoms with E-state index in [-0.39, 0.29) is 11.9 Å². The second-order valence-corrected chi connectivity index (χ2v) is 4.77. The summed E-state index contributed by atoms with van der Waals surface area (Å²) < 4.78 is 0. The Morgan fingerprint density at radius 2 is 2.19 bits per heavy atom. The van der Waals surface area contributed by atoms with Crippen molar-refractivity contribution in [3.8, 4) is 0 Å². The first-order valence-electron chi connectivity index (χ1n) is 5.45. The van der Waals surface area contributed by atoms with Crippen LogP contribution < -0.4 is 10.6 Å². The first-order valence-corrected chi connectivity index (χ1v) is 6.67. The molecule has 1 aliphatic rings. The quantitative estimate of drug-likeness (QED) is 0.781. The SMILES string of the molecule is CSc1ccc(C(=O)N[C@H]2CCNC2)cc1. The van der Waals surface area contributed by atoms with Crippen LogP contribution in [0.3, 0.4) is 0 Å². The van der Waals surface area contributed by atoms with Gasteiger partial charge in [0.1, 0.15) is 0 Å². The lowest BCUT2D eigenvalue weighted by Gasteiger charge is -2.11. The Hall–Kier alpha value is -1.00. The first kappa shape index (κ1) is 11.5. The lowest BCUT2D eigenvalue weighted by atomic mass is 10.2. The van der Waals surface area contributed by atoms with E-state index in [2.05, 4.69) is 10.6 Å². The fraction of sp³-hybridized carbons (Fsp3) is 0.417. The summed E-state index contributed by atoms with van der Waals surface area (Å²) in [6, 6.07) is 8.00. The summed E-state index contributed by atoms with van der Waals surface area (Å²) in [4.78, 5) is 13.0. The molecule has 0 aromatic heterocycles. The van der Waals surface area contributed by atoms with Crippen LogP contribution in [-0.4, -0.2) is 31.3 Å². The van der Waals surface area contributed by atoms with Gasteiger partial charge in [-0.1, -0.05) is 0 Å². The molecule has 86 valence electrons. The van der Waals surface area contributed by atoms with E-state index in [4.69, 9.17) is 0 Å². The van der Waals surface area contributed by atoms with E-state index in [0.717, 1.165) is 25.1 Å². The molecule has 0 spiro atoms. The van der Waals surface area contributed by atoms with Gasteiger partial charge in [-0.05, 0) is 43.5 Å². The lowest BCUT2D eigenvalue weighted by Crippen LogP contribution is -2.36. The van der Waals surface area contributed by atoms with Crippen molar-refractivity contribution in [1.82, 2.24) is 10.6 Å². The molecule has 0 aliphatic carbocycles. The minimum atomic E-state index is 0.0290. The molecular weight excluding hydrogens is 220 g/mol. The first-order chi connectivity index (χ1) is 7.79. The molecule has 0 bridgehead atoms. The summed E-state index contributed by atoms with van der Waals surface area (Å²) in [5, 5.41) is 6.25. The van der Waals surface area contributed by atoms with E-state index in [0.29, 0.717) is 0 Å². The van der Waals surface area contributed by atoms with E-state index in [1.54, 1.807) is 11.8 Å². The van der Waals surface area contributed by atoms with Gasteiger partial charge >= 0.3 is 0 Å². The van der Waals surface area contributed by atoms with Crippen LogP contribution in [0, 0.1) is 0 Å². The Balaban J connectivity index is 1.97. The molecule has 2 rings (SSSR count). The van der Waals surface area contributed by atoms with Crippen LogP contribution in [0.4, 0.5) is 0 Å². The van der Waals surface area contributed by atoms with Gasteiger partial charge in [-0.2, -0.15) is 0 Å². The standard InChI is InChI=1S/C12H16N2OS/c1-16-11-4-2-9(3-5-11)12(15)14-10-6-7-13-8-10/h2-5,10,13H,6-8H2,1H3,(H,14,15)/t10-/m0/s1. The fourth-order valence-corrected chi connectivity index (χ4v) is 2.20. The number of benzene rings is 1. The van der Waals surface area contributed by atoms with Crippen LogP contribution in [0.1, 0.15) is 16.8 Å². The third kappa shape index (κ3) is 2.77. The summed E-state index contributed by atoms with van der Waals surface area (Å²) in [6.45, 7) is 1.88. The summed E-state index contributed by atoms with van der Waals surface area (Å²) in [5.41, 5.74) is 0.740. The van der Waals surface area contributed by atoms with Gasteiger partial charge in [-0.25, -0.2) is 0 Å². The maximum Gasteiger partial charge on any atom is 0.251 e. The molecule has 0 radical (unpaired) electrons. The largest absolute Gasteiger partial charge is 0.348 e. The number of nitrogens with one attached hydrogen (secondary N) is 2. The van der Waals surface area contributed by atoms with Gasteiger partial charge in [0.2, 0.25) is 0 Å². The summed E-state index contributed by atoms with van der Waals surface area (Å²) in [6.07, 6.45) is 3.05. The Morgan fingerprint density at radius 3 is 2.75 bits per heavy atom. The highest BCUT2D eigenvalue weighted by atomic mass is 32.2. The van der Waals surface area contributed by atoms with Crippen molar-refractivity contribution in [3.05, 3.63) is 29.8 Å². The molecule has 3 nitrogen and oxygen atoms in total. The van der Waals surface area contributed by atoms with E-state index in [9.17, 15) is 4.79 Å². The summed E-state index contributed by atoms with van der Waals surface area (Å²) >= 11 is 1.68. The van der Waals surface area contributed by atoms with E-state index >= 15 is 0 Å². The van der Waals surface area contributed by atoms with E-state index in [1.165, 1.54) is 4.90 Å². The van der Waals surface area contributed by atoms with Crippen molar-refractivity contribution in [3.63, 3.8) is 0 Å². The number of carbonyl (C=O) groups is 1. The fourth-order valence-electron chi connectivity index (χ4n) is 1.79. The normalized spacial score (nSPS) is 19.7. The Kier molecular flexibility index (Phi) is 3.85. The van der Waals surface area contributed by atoms with Crippen molar-refractivity contribution >= 4 is 17.7 Å². The summed E-state index contributed by atoms with van der Waals surface area (Å²) in [5.74, 6) is 0.0290. The highest BCUT2D eigenvalue weighted by Gasteiger charge is 2.17. The predicted octanol–water partition coefficient (Wildman–Crippen LogP) is 1.50. The molecule has 1 aromatic carbocycles. The van der Waals surface area contributed by atoms with Crippen molar-refractivity contribution in [2.24, 2.45) is 0 Å². The maximum atomic E-state index is 11.9. The molecular formula is C12H16N2OS. The highest BCUT2D eigenvalue weighted by Crippen LogP contribution is 2.14. The van der Waals surface area contributed by atoms with Gasteiger partial charge in [0.15, 0.2) is 0 Å². The van der Waals surface area contributed by atoms with E-state index in [1.807, 2.05) is 30.5 Å². The second-order valence-electron chi connectivity index (χ2n) is 3.89. The minimum Gasteiger partial charge on any atom is -0.348 e. The number of amides is 1. The van der Waals surface area contributed by atoms with Crippen LogP contribution in [0.25, 0.3) is 0 Å². The molecule has 2 N–H and O–H groups in total. The Morgan fingerprint density at radius 1 is 1.44 bits per heavy atom. The van der Waals surface area contributed by atoms with Crippen LogP contribution in [0.15, 0.2) is 29.2 Å². The second kappa shape index (κ2) is 5.37. The highest BCUT2D eigenvalue weighted by molar-refractivity contribution is 7.98. The molecule has 1 aromatic rings. The van der Waals surface area contributed by atoms with Crippen LogP contribution >= 0.6 is 11.8 Å². The number of carbonyl (C=O) groups excluding carboxylic acids is 1. The third-order valence-corrected chi connectivity index (χ3v) is 3.49. The van der Waals surface area contributed by atoms with Gasteiger partial charge in [0.05, 0.1) is 0 Å². The van der Waals surface area contributed by atoms with Gasteiger partial charge < -0.3 is 10.6 Å². The van der Waals surface area contributed by atoms with Crippen molar-refractivity contribution < 1.29 is 4.79 Å². The smallest absolute Gasteiger partial charge is 0.251 e. The molecule has 0 unspecified atom stereocenters. The Bertz CT molecular complexity index is 358. The molecule has 1 atom stereocenters. The molecule has 1 heterocycles. The molecule has 1 amide bonds. The third-order valence-electron chi connectivity index (χ3n) is 2.75. The van der Waals surface area contributed by atoms with Crippen LogP contribution in [0.2, 0.25) is 0 Å². The van der Waals surface area contributed by atoms with Gasteiger partial charge in [-0.15, -0.1) is 11.8 Å². The maximum absolute atomic E-state index is 11.9. The van der Waals surface area contributed by atoms with Crippen LogP contribution in [-0.2, 0) is 0 Å². The monoisotopic (exact) mass is 236 g/mol. The van der Waals surface area contributed by atoms with Gasteiger partial charge in [-0.3, -0.25) is 4.79 Å². The van der Waals surface area contributed by atoms with Gasteiger partial charge in [0.25, 0.3) is 5.91 Å². The van der Waals surface area contributed by atoms with Crippen molar-refractivity contribution in [1.29, 1.82) is 0 Å². The number of rotatable bonds is 3. The molecule has 1 saturated heterocycles. The van der Waals surface area contributed by atoms with Crippen molar-refractivity contribution in [2.75, 3.05) is 19.3 Å². The molecule has 1 fully saturated rings. The molecule has 4 heteroatoms. The summed E-state index contributed by atoms with van der Waals surface area (Å²) in [7, 11) is 0. The van der Waals surface area contributed by atoms with E-state index < -0.39 is 0 Å². The zero-order valence-corrected chi connectivity index (χ0v) is 10.1. The zero-order valence-electron chi connectivity index (χ0n) is 9.32. The number of hydrogen-bond acceptors (Lipinski definition) is 3. The van der Waals surface area contributed by atoms with Crippen LogP contribution in [0.5, 0.6) is 0 Å². The Labute approximate surface area is 100.0 Å². The number of hydrogen-bond donors (Lipinski definition) is 2. The van der Waals surface area contributed by atoms with Crippen molar-refractivity contribution in [2.45, 2.75) is 17.4 Å². The minimum absolute atomic E-state index is 0.0290. The molecule has 1 aliphatic heterocycles. The number of thioether (sulfide) groups is 1. The zero-order chi connectivity index (χ0) is 11.4.